The van der Waals surface area contributed by atoms with E-state index in [2.05, 4.69) is 35.5 Å². The van der Waals surface area contributed by atoms with E-state index in [0.717, 1.165) is 23.8 Å². The summed E-state index contributed by atoms with van der Waals surface area (Å²) in [6, 6.07) is 8.23. The lowest BCUT2D eigenvalue weighted by atomic mass is 10.1. The molecule has 4 nitrogen and oxygen atoms in total. The Hall–Kier alpha value is -1.75. The first-order valence-corrected chi connectivity index (χ1v) is 7.54. The highest BCUT2D eigenvalue weighted by Gasteiger charge is 2.12. The molecule has 106 valence electrons. The van der Waals surface area contributed by atoms with Crippen LogP contribution in [0.4, 0.5) is 0 Å². The number of nitrogens with zero attached hydrogens (tertiary/aromatic N) is 2. The van der Waals surface area contributed by atoms with Gasteiger partial charge in [-0.3, -0.25) is 4.79 Å². The third kappa shape index (κ3) is 3.42. The van der Waals surface area contributed by atoms with Crippen LogP contribution in [0.2, 0.25) is 0 Å². The molecular weight excluding hydrogens is 272 g/mol. The molecule has 0 fully saturated rings. The van der Waals surface area contributed by atoms with Gasteiger partial charge in [0.1, 0.15) is 0 Å². The van der Waals surface area contributed by atoms with Crippen LogP contribution >= 0.6 is 11.8 Å². The minimum Gasteiger partial charge on any atom is -0.481 e. The Labute approximate surface area is 122 Å². The van der Waals surface area contributed by atoms with Crippen molar-refractivity contribution in [3.8, 4) is 0 Å². The number of hydrogen-bond acceptors (Lipinski definition) is 3. The van der Waals surface area contributed by atoms with Crippen molar-refractivity contribution < 1.29 is 9.90 Å². The third-order valence-corrected chi connectivity index (χ3v) is 4.15. The molecule has 1 aromatic carbocycles. The van der Waals surface area contributed by atoms with Crippen LogP contribution in [0.1, 0.15) is 23.7 Å². The summed E-state index contributed by atoms with van der Waals surface area (Å²) < 4.78 is 2.11. The summed E-state index contributed by atoms with van der Waals surface area (Å²) in [5, 5.41) is 9.58. The van der Waals surface area contributed by atoms with Crippen LogP contribution in [-0.2, 0) is 17.8 Å². The first-order valence-electron chi connectivity index (χ1n) is 6.55. The van der Waals surface area contributed by atoms with Gasteiger partial charge in [-0.25, -0.2) is 4.98 Å². The highest BCUT2D eigenvalue weighted by Crippen LogP contribution is 2.21. The van der Waals surface area contributed by atoms with Crippen LogP contribution in [-0.4, -0.2) is 26.4 Å². The van der Waals surface area contributed by atoms with Gasteiger partial charge in [-0.1, -0.05) is 43.0 Å². The summed E-state index contributed by atoms with van der Waals surface area (Å²) >= 11 is 1.27. The molecule has 2 rings (SSSR count). The Morgan fingerprint density at radius 3 is 2.80 bits per heavy atom. The molecule has 0 aliphatic rings. The maximum Gasteiger partial charge on any atom is 0.313 e. The molecule has 1 N–H and O–H groups in total. The van der Waals surface area contributed by atoms with E-state index < -0.39 is 5.97 Å². The lowest BCUT2D eigenvalue weighted by molar-refractivity contribution is -0.133. The van der Waals surface area contributed by atoms with Gasteiger partial charge in [0, 0.05) is 11.9 Å². The van der Waals surface area contributed by atoms with Gasteiger partial charge < -0.3 is 9.67 Å². The summed E-state index contributed by atoms with van der Waals surface area (Å²) in [6.07, 6.45) is 2.72. The molecule has 0 atom stereocenters. The first kappa shape index (κ1) is 14.7. The quantitative estimate of drug-likeness (QED) is 0.831. The molecule has 5 heteroatoms. The average Bonchev–Trinajstić information content (AvgIpc) is 2.81. The Morgan fingerprint density at radius 1 is 1.40 bits per heavy atom. The summed E-state index contributed by atoms with van der Waals surface area (Å²) in [6.45, 7) is 4.90. The highest BCUT2D eigenvalue weighted by molar-refractivity contribution is 7.99. The fourth-order valence-electron chi connectivity index (χ4n) is 2.04. The minimum absolute atomic E-state index is 0.0357. The molecule has 0 saturated heterocycles. The number of carboxylic acid groups (broad SMARTS) is 1. The molecule has 1 heterocycles. The van der Waals surface area contributed by atoms with Crippen molar-refractivity contribution in [3.05, 3.63) is 47.3 Å². The van der Waals surface area contributed by atoms with E-state index in [4.69, 9.17) is 5.11 Å². The van der Waals surface area contributed by atoms with Crippen molar-refractivity contribution in [2.45, 2.75) is 32.0 Å². The lowest BCUT2D eigenvalue weighted by Gasteiger charge is -2.12. The molecule has 0 amide bonds. The fraction of sp³-hybridized carbons (Fsp3) is 0.333. The van der Waals surface area contributed by atoms with Gasteiger partial charge in [0.2, 0.25) is 0 Å². The van der Waals surface area contributed by atoms with E-state index in [-0.39, 0.29) is 5.75 Å². The molecule has 0 aliphatic carbocycles. The van der Waals surface area contributed by atoms with E-state index >= 15 is 0 Å². The number of rotatable bonds is 6. The number of carbonyl (C=O) groups is 1. The summed E-state index contributed by atoms with van der Waals surface area (Å²) in [5.74, 6) is -0.785. The maximum absolute atomic E-state index is 10.7. The highest BCUT2D eigenvalue weighted by atomic mass is 32.2. The van der Waals surface area contributed by atoms with Gasteiger partial charge >= 0.3 is 5.97 Å². The van der Waals surface area contributed by atoms with Crippen LogP contribution in [0.25, 0.3) is 0 Å². The molecule has 0 bridgehead atoms. The monoisotopic (exact) mass is 290 g/mol. The summed E-state index contributed by atoms with van der Waals surface area (Å²) in [5.41, 5.74) is 3.59. The van der Waals surface area contributed by atoms with Crippen LogP contribution in [0.15, 0.2) is 35.6 Å². The van der Waals surface area contributed by atoms with Gasteiger partial charge in [-0.2, -0.15) is 0 Å². The van der Waals surface area contributed by atoms with Crippen molar-refractivity contribution in [2.24, 2.45) is 0 Å². The molecule has 0 unspecified atom stereocenters. The Morgan fingerprint density at radius 2 is 2.15 bits per heavy atom. The van der Waals surface area contributed by atoms with Crippen LogP contribution in [0.5, 0.6) is 0 Å². The van der Waals surface area contributed by atoms with Gasteiger partial charge in [-0.05, 0) is 24.5 Å². The zero-order valence-electron chi connectivity index (χ0n) is 11.7. The number of carboxylic acids is 1. The summed E-state index contributed by atoms with van der Waals surface area (Å²) in [4.78, 5) is 15.1. The number of benzene rings is 1. The number of thioether (sulfide) groups is 1. The molecule has 0 aliphatic heterocycles. The Kier molecular flexibility index (Phi) is 4.84. The second-order valence-corrected chi connectivity index (χ2v) is 5.52. The molecule has 1 aromatic heterocycles. The van der Waals surface area contributed by atoms with Crippen molar-refractivity contribution in [2.75, 3.05) is 5.75 Å². The predicted molar refractivity (Wildman–Crippen MR) is 80.2 cm³/mol. The second kappa shape index (κ2) is 6.61. The number of aliphatic carboxylic acids is 1. The zero-order chi connectivity index (χ0) is 14.5. The number of aryl methyl sites for hydroxylation is 2. The van der Waals surface area contributed by atoms with Crippen molar-refractivity contribution in [1.82, 2.24) is 9.55 Å². The van der Waals surface area contributed by atoms with E-state index in [1.807, 2.05) is 18.3 Å². The van der Waals surface area contributed by atoms with E-state index in [0.29, 0.717) is 0 Å². The average molecular weight is 290 g/mol. The SMILES string of the molecule is CCc1cnc(SCC(=O)O)n1Cc1ccccc1C. The van der Waals surface area contributed by atoms with Crippen molar-refractivity contribution in [3.63, 3.8) is 0 Å². The largest absolute Gasteiger partial charge is 0.481 e. The number of aromatic nitrogens is 2. The first-order chi connectivity index (χ1) is 9.61. The summed E-state index contributed by atoms with van der Waals surface area (Å²) in [7, 11) is 0. The smallest absolute Gasteiger partial charge is 0.313 e. The van der Waals surface area contributed by atoms with Gasteiger partial charge in [0.25, 0.3) is 0 Å². The third-order valence-electron chi connectivity index (χ3n) is 3.18. The minimum atomic E-state index is -0.821. The van der Waals surface area contributed by atoms with Crippen LogP contribution in [0, 0.1) is 6.92 Å². The normalized spacial score (nSPS) is 10.7. The fourth-order valence-corrected chi connectivity index (χ4v) is 2.76. The Bertz CT molecular complexity index is 608. The molecule has 2 aromatic rings. The van der Waals surface area contributed by atoms with Gasteiger partial charge in [-0.15, -0.1) is 0 Å². The lowest BCUT2D eigenvalue weighted by Crippen LogP contribution is -2.08. The van der Waals surface area contributed by atoms with Gasteiger partial charge in [0.05, 0.1) is 12.3 Å². The molecule has 0 radical (unpaired) electrons. The maximum atomic E-state index is 10.7. The molecule has 0 spiro atoms. The number of imidazole rings is 1. The van der Waals surface area contributed by atoms with Crippen LogP contribution in [0.3, 0.4) is 0 Å². The second-order valence-electron chi connectivity index (χ2n) is 4.58. The van der Waals surface area contributed by atoms with Crippen molar-refractivity contribution >= 4 is 17.7 Å². The predicted octanol–water partition coefficient (Wildman–Crippen LogP) is 2.98. The molecule has 0 saturated carbocycles. The van der Waals surface area contributed by atoms with Gasteiger partial charge in [0.15, 0.2) is 5.16 Å². The van der Waals surface area contributed by atoms with E-state index in [1.54, 1.807) is 0 Å². The number of hydrogen-bond donors (Lipinski definition) is 1. The zero-order valence-corrected chi connectivity index (χ0v) is 12.5. The molecular formula is C15H18N2O2S. The van der Waals surface area contributed by atoms with Crippen LogP contribution < -0.4 is 0 Å². The standard InChI is InChI=1S/C15H18N2O2S/c1-3-13-8-16-15(20-10-14(18)19)17(13)9-12-7-5-4-6-11(12)2/h4-8H,3,9-10H2,1-2H3,(H,18,19). The van der Waals surface area contributed by atoms with Crippen molar-refractivity contribution in [1.29, 1.82) is 0 Å². The molecule has 20 heavy (non-hydrogen) atoms. The topological polar surface area (TPSA) is 55.1 Å². The van der Waals surface area contributed by atoms with E-state index in [9.17, 15) is 4.79 Å². The van der Waals surface area contributed by atoms with E-state index in [1.165, 1.54) is 22.9 Å². The Balaban J connectivity index is 2.27.